The maximum atomic E-state index is 12.2. The first-order valence-electron chi connectivity index (χ1n) is 8.40. The van der Waals surface area contributed by atoms with Crippen molar-refractivity contribution in [2.75, 3.05) is 7.11 Å². The molecule has 3 aromatic rings. The Morgan fingerprint density at radius 3 is 2.71 bits per heavy atom. The van der Waals surface area contributed by atoms with E-state index in [0.717, 1.165) is 17.0 Å². The molecule has 5 nitrogen and oxygen atoms in total. The minimum absolute atomic E-state index is 0.210. The van der Waals surface area contributed by atoms with E-state index in [4.69, 9.17) is 20.8 Å². The zero-order chi connectivity index (χ0) is 19.5. The fourth-order valence-electron chi connectivity index (χ4n) is 2.61. The fraction of sp³-hybridized carbons (Fsp3) is 0.0476. The molecule has 2 aromatic carbocycles. The molecule has 1 fully saturated rings. The number of hydrogen-bond donors (Lipinski definition) is 1. The molecule has 1 N–H and O–H groups in total. The van der Waals surface area contributed by atoms with E-state index in [1.54, 1.807) is 19.3 Å². The molecule has 2 heterocycles. The molecule has 4 rings (SSSR count). The van der Waals surface area contributed by atoms with Gasteiger partial charge in [0.05, 0.1) is 17.7 Å². The SMILES string of the molecule is COc1ccc(N=C2NC(=O)/C(=C/c3ccc(-c4cccc(Cl)c4)o3)S2)cc1. The molecule has 0 aliphatic carbocycles. The van der Waals surface area contributed by atoms with E-state index in [1.165, 1.54) is 11.8 Å². The minimum Gasteiger partial charge on any atom is -0.497 e. The van der Waals surface area contributed by atoms with E-state index in [2.05, 4.69) is 10.3 Å². The highest BCUT2D eigenvalue weighted by Crippen LogP contribution is 2.31. The molecule has 28 heavy (non-hydrogen) atoms. The number of halogens is 1. The first kappa shape index (κ1) is 18.4. The quantitative estimate of drug-likeness (QED) is 0.577. The molecule has 140 valence electrons. The van der Waals surface area contributed by atoms with Gasteiger partial charge in [-0.15, -0.1) is 0 Å². The molecule has 1 aliphatic rings. The van der Waals surface area contributed by atoms with Gasteiger partial charge in [0.1, 0.15) is 17.3 Å². The molecule has 1 saturated heterocycles. The number of amidine groups is 1. The Morgan fingerprint density at radius 1 is 1.14 bits per heavy atom. The summed E-state index contributed by atoms with van der Waals surface area (Å²) in [6, 6.07) is 18.4. The molecule has 0 radical (unpaired) electrons. The number of thioether (sulfide) groups is 1. The van der Waals surface area contributed by atoms with Crippen LogP contribution in [0.15, 0.2) is 75.0 Å². The van der Waals surface area contributed by atoms with Gasteiger partial charge < -0.3 is 14.5 Å². The predicted octanol–water partition coefficient (Wildman–Crippen LogP) is 5.50. The lowest BCUT2D eigenvalue weighted by Crippen LogP contribution is -2.19. The van der Waals surface area contributed by atoms with Crippen LogP contribution in [0.3, 0.4) is 0 Å². The smallest absolute Gasteiger partial charge is 0.264 e. The van der Waals surface area contributed by atoms with Gasteiger partial charge in [-0.25, -0.2) is 4.99 Å². The number of rotatable bonds is 4. The van der Waals surface area contributed by atoms with Crippen molar-refractivity contribution in [3.63, 3.8) is 0 Å². The van der Waals surface area contributed by atoms with Gasteiger partial charge >= 0.3 is 0 Å². The van der Waals surface area contributed by atoms with Gasteiger partial charge in [0, 0.05) is 16.7 Å². The Kier molecular flexibility index (Phi) is 5.23. The van der Waals surface area contributed by atoms with Crippen molar-refractivity contribution in [3.05, 3.63) is 76.4 Å². The largest absolute Gasteiger partial charge is 0.497 e. The normalized spacial score (nSPS) is 16.6. The number of furan rings is 1. The third kappa shape index (κ3) is 4.13. The van der Waals surface area contributed by atoms with Crippen molar-refractivity contribution in [2.24, 2.45) is 4.99 Å². The van der Waals surface area contributed by atoms with E-state index in [1.807, 2.05) is 54.6 Å². The summed E-state index contributed by atoms with van der Waals surface area (Å²) in [7, 11) is 1.61. The van der Waals surface area contributed by atoms with Crippen molar-refractivity contribution in [3.8, 4) is 17.1 Å². The number of hydrogen-bond acceptors (Lipinski definition) is 5. The van der Waals surface area contributed by atoms with Crippen molar-refractivity contribution in [2.45, 2.75) is 0 Å². The maximum Gasteiger partial charge on any atom is 0.264 e. The van der Waals surface area contributed by atoms with Crippen LogP contribution in [0.2, 0.25) is 5.02 Å². The summed E-state index contributed by atoms with van der Waals surface area (Å²) in [5, 5.41) is 3.92. The van der Waals surface area contributed by atoms with Crippen LogP contribution in [0.1, 0.15) is 5.76 Å². The first-order valence-corrected chi connectivity index (χ1v) is 9.59. The second kappa shape index (κ2) is 7.96. The molecular weight excluding hydrogens is 396 g/mol. The number of ether oxygens (including phenoxy) is 1. The van der Waals surface area contributed by atoms with Gasteiger partial charge in [0.15, 0.2) is 5.17 Å². The summed E-state index contributed by atoms with van der Waals surface area (Å²) in [5.74, 6) is 1.81. The summed E-state index contributed by atoms with van der Waals surface area (Å²) in [6.45, 7) is 0. The number of carbonyl (C=O) groups excluding carboxylic acids is 1. The standard InChI is InChI=1S/C21H15ClN2O3S/c1-26-16-7-5-15(6-8-16)23-21-24-20(25)19(28-21)12-17-9-10-18(27-17)13-3-2-4-14(22)11-13/h2-12H,1H3,(H,23,24,25)/b19-12-. The van der Waals surface area contributed by atoms with Crippen LogP contribution in [0, 0.1) is 0 Å². The zero-order valence-electron chi connectivity index (χ0n) is 14.8. The Morgan fingerprint density at radius 2 is 1.96 bits per heavy atom. The third-order valence-electron chi connectivity index (χ3n) is 3.96. The first-order chi connectivity index (χ1) is 13.6. The lowest BCUT2D eigenvalue weighted by Gasteiger charge is -1.99. The van der Waals surface area contributed by atoms with Crippen molar-refractivity contribution in [1.82, 2.24) is 5.32 Å². The summed E-state index contributed by atoms with van der Waals surface area (Å²) in [5.41, 5.74) is 1.61. The van der Waals surface area contributed by atoms with Gasteiger partial charge in [0.25, 0.3) is 5.91 Å². The number of nitrogens with zero attached hydrogens (tertiary/aromatic N) is 1. The van der Waals surface area contributed by atoms with E-state index in [-0.39, 0.29) is 5.91 Å². The number of aliphatic imine (C=N–C) groups is 1. The van der Waals surface area contributed by atoms with Crippen molar-refractivity contribution in [1.29, 1.82) is 0 Å². The number of carbonyl (C=O) groups is 1. The zero-order valence-corrected chi connectivity index (χ0v) is 16.4. The Hall–Kier alpha value is -2.96. The predicted molar refractivity (Wildman–Crippen MR) is 113 cm³/mol. The number of nitrogens with one attached hydrogen (secondary N) is 1. The van der Waals surface area contributed by atoms with Gasteiger partial charge in [-0.2, -0.15) is 0 Å². The monoisotopic (exact) mass is 410 g/mol. The number of methoxy groups -OCH3 is 1. The molecular formula is C21H15ClN2O3S. The Bertz CT molecular complexity index is 1090. The van der Waals surface area contributed by atoms with E-state index in [0.29, 0.717) is 26.6 Å². The van der Waals surface area contributed by atoms with Crippen LogP contribution in [0.4, 0.5) is 5.69 Å². The average Bonchev–Trinajstić information content (AvgIpc) is 3.29. The van der Waals surface area contributed by atoms with Gasteiger partial charge in [-0.1, -0.05) is 23.7 Å². The minimum atomic E-state index is -0.210. The maximum absolute atomic E-state index is 12.2. The summed E-state index contributed by atoms with van der Waals surface area (Å²) in [4.78, 5) is 17.2. The van der Waals surface area contributed by atoms with Crippen LogP contribution in [0.25, 0.3) is 17.4 Å². The van der Waals surface area contributed by atoms with Gasteiger partial charge in [0.2, 0.25) is 0 Å². The molecule has 1 aromatic heterocycles. The lowest BCUT2D eigenvalue weighted by molar-refractivity contribution is -0.115. The van der Waals surface area contributed by atoms with Crippen LogP contribution >= 0.6 is 23.4 Å². The Balaban J connectivity index is 1.52. The molecule has 1 amide bonds. The van der Waals surface area contributed by atoms with Gasteiger partial charge in [-0.05, 0) is 60.3 Å². The highest BCUT2D eigenvalue weighted by atomic mass is 35.5. The molecule has 0 bridgehead atoms. The molecule has 0 saturated carbocycles. The highest BCUT2D eigenvalue weighted by molar-refractivity contribution is 8.18. The fourth-order valence-corrected chi connectivity index (χ4v) is 3.62. The molecule has 7 heteroatoms. The molecule has 1 aliphatic heterocycles. The van der Waals surface area contributed by atoms with Crippen LogP contribution in [-0.4, -0.2) is 18.2 Å². The number of amides is 1. The summed E-state index contributed by atoms with van der Waals surface area (Å²) >= 11 is 7.29. The second-order valence-electron chi connectivity index (χ2n) is 5.89. The van der Waals surface area contributed by atoms with Crippen molar-refractivity contribution >= 4 is 46.2 Å². The van der Waals surface area contributed by atoms with E-state index < -0.39 is 0 Å². The third-order valence-corrected chi connectivity index (χ3v) is 5.11. The molecule has 0 atom stereocenters. The topological polar surface area (TPSA) is 63.8 Å². The summed E-state index contributed by atoms with van der Waals surface area (Å²) < 4.78 is 11.0. The number of benzene rings is 2. The van der Waals surface area contributed by atoms with Crippen LogP contribution < -0.4 is 10.1 Å². The highest BCUT2D eigenvalue weighted by Gasteiger charge is 2.24. The second-order valence-corrected chi connectivity index (χ2v) is 7.36. The lowest BCUT2D eigenvalue weighted by atomic mass is 10.2. The average molecular weight is 411 g/mol. The van der Waals surface area contributed by atoms with Crippen LogP contribution in [-0.2, 0) is 4.79 Å². The molecule has 0 spiro atoms. The summed E-state index contributed by atoms with van der Waals surface area (Å²) in [6.07, 6.45) is 1.70. The van der Waals surface area contributed by atoms with E-state index in [9.17, 15) is 4.79 Å². The van der Waals surface area contributed by atoms with Crippen molar-refractivity contribution < 1.29 is 13.9 Å². The van der Waals surface area contributed by atoms with Gasteiger partial charge in [-0.3, -0.25) is 4.79 Å². The Labute approximate surface area is 171 Å². The molecule has 0 unspecified atom stereocenters. The van der Waals surface area contributed by atoms with E-state index >= 15 is 0 Å². The van der Waals surface area contributed by atoms with Crippen LogP contribution in [0.5, 0.6) is 5.75 Å².